The van der Waals surface area contributed by atoms with Crippen LogP contribution in [-0.4, -0.2) is 37.0 Å². The molecule has 160 valence electrons. The fourth-order valence-corrected chi connectivity index (χ4v) is 3.16. The molecule has 1 amide bonds. The third-order valence-corrected chi connectivity index (χ3v) is 4.99. The molecule has 4 aromatic rings. The number of carbonyl (C=O) groups is 1. The second-order valence-corrected chi connectivity index (χ2v) is 7.21. The molecule has 0 atom stereocenters. The quantitative estimate of drug-likeness (QED) is 0.507. The molecule has 3 heterocycles. The first-order valence-electron chi connectivity index (χ1n) is 9.53. The molecule has 0 radical (unpaired) electrons. The summed E-state index contributed by atoms with van der Waals surface area (Å²) in [6.07, 6.45) is -1.01. The van der Waals surface area contributed by atoms with Crippen molar-refractivity contribution in [1.29, 1.82) is 0 Å². The number of carbonyl (C=O) groups excluding carboxylic acids is 1. The van der Waals surface area contributed by atoms with Gasteiger partial charge in [-0.25, -0.2) is 14.5 Å². The topological polar surface area (TPSA) is 88.0 Å². The second kappa shape index (κ2) is 7.86. The molecule has 31 heavy (non-hydrogen) atoms. The summed E-state index contributed by atoms with van der Waals surface area (Å²) >= 11 is 0. The number of nitrogens with one attached hydrogen (secondary N) is 2. The first-order valence-corrected chi connectivity index (χ1v) is 9.53. The molecule has 0 aliphatic carbocycles. The highest BCUT2D eigenvalue weighted by Gasteiger charge is 2.35. The molecule has 0 unspecified atom stereocenters. The number of hydrogen-bond acceptors (Lipinski definition) is 4. The average Bonchev–Trinajstić information content (AvgIpc) is 3.38. The Labute approximate surface area is 175 Å². The lowest BCUT2D eigenvalue weighted by Gasteiger charge is -2.11. The Morgan fingerprint density at radius 3 is 2.65 bits per heavy atom. The Hall–Kier alpha value is -3.69. The molecule has 2 N–H and O–H groups in total. The Bertz CT molecular complexity index is 1240. The number of aromatic amines is 1. The van der Waals surface area contributed by atoms with Crippen molar-refractivity contribution < 1.29 is 18.0 Å². The summed E-state index contributed by atoms with van der Waals surface area (Å²) in [5.41, 5.74) is 2.33. The van der Waals surface area contributed by atoms with Gasteiger partial charge in [-0.15, -0.1) is 0 Å². The van der Waals surface area contributed by atoms with Crippen molar-refractivity contribution in [1.82, 2.24) is 29.9 Å². The van der Waals surface area contributed by atoms with Crippen LogP contribution in [0.2, 0.25) is 0 Å². The number of fused-ring (bicyclic) bond motifs is 1. The van der Waals surface area contributed by atoms with Crippen LogP contribution in [0, 0.1) is 13.8 Å². The molecule has 0 bridgehead atoms. The van der Waals surface area contributed by atoms with E-state index in [0.29, 0.717) is 16.5 Å². The summed E-state index contributed by atoms with van der Waals surface area (Å²) < 4.78 is 41.8. The Morgan fingerprint density at radius 1 is 1.16 bits per heavy atom. The molecule has 0 aliphatic rings. The largest absolute Gasteiger partial charge is 0.433 e. The number of aryl methyl sites for hydroxylation is 2. The minimum Gasteiger partial charge on any atom is -0.350 e. The number of aromatic nitrogens is 5. The van der Waals surface area contributed by atoms with Crippen LogP contribution >= 0.6 is 0 Å². The number of benzene rings is 1. The lowest BCUT2D eigenvalue weighted by atomic mass is 10.0. The van der Waals surface area contributed by atoms with Crippen molar-refractivity contribution in [2.45, 2.75) is 26.4 Å². The highest BCUT2D eigenvalue weighted by molar-refractivity contribution is 5.93. The number of halogens is 3. The van der Waals surface area contributed by atoms with Gasteiger partial charge in [-0.3, -0.25) is 4.79 Å². The van der Waals surface area contributed by atoms with Gasteiger partial charge in [0.05, 0.1) is 12.0 Å². The van der Waals surface area contributed by atoms with Gasteiger partial charge < -0.3 is 10.3 Å². The van der Waals surface area contributed by atoms with Crippen molar-refractivity contribution in [3.05, 3.63) is 71.1 Å². The van der Waals surface area contributed by atoms with Gasteiger partial charge in [-0.05, 0) is 37.1 Å². The average molecular weight is 428 g/mol. The summed E-state index contributed by atoms with van der Waals surface area (Å²) in [6.45, 7) is 4.08. The summed E-state index contributed by atoms with van der Waals surface area (Å²) in [6, 6.07) is 7.54. The zero-order chi connectivity index (χ0) is 22.2. The number of imidazole rings is 1. The van der Waals surface area contributed by atoms with E-state index >= 15 is 0 Å². The van der Waals surface area contributed by atoms with Gasteiger partial charge >= 0.3 is 6.18 Å². The zero-order valence-electron chi connectivity index (χ0n) is 16.8. The van der Waals surface area contributed by atoms with Crippen LogP contribution in [0.3, 0.4) is 0 Å². The first kappa shape index (κ1) is 20.6. The molecule has 0 saturated heterocycles. The minimum absolute atomic E-state index is 0.0539. The van der Waals surface area contributed by atoms with Crippen molar-refractivity contribution >= 4 is 11.6 Å². The first-order chi connectivity index (χ1) is 14.7. The van der Waals surface area contributed by atoms with Crippen LogP contribution in [0.1, 0.15) is 33.0 Å². The molecule has 0 aliphatic heterocycles. The Morgan fingerprint density at radius 2 is 1.97 bits per heavy atom. The highest BCUT2D eigenvalue weighted by atomic mass is 19.4. The number of rotatable bonds is 5. The van der Waals surface area contributed by atoms with Crippen molar-refractivity contribution in [2.75, 3.05) is 6.54 Å². The molecule has 4 rings (SSSR count). The molecule has 0 fully saturated rings. The van der Waals surface area contributed by atoms with Gasteiger partial charge in [-0.1, -0.05) is 12.1 Å². The lowest BCUT2D eigenvalue weighted by Crippen LogP contribution is -2.26. The van der Waals surface area contributed by atoms with E-state index in [4.69, 9.17) is 0 Å². The monoisotopic (exact) mass is 428 g/mol. The molecule has 1 aromatic carbocycles. The van der Waals surface area contributed by atoms with Gasteiger partial charge in [0.25, 0.3) is 5.91 Å². The maximum atomic E-state index is 13.7. The van der Waals surface area contributed by atoms with Crippen molar-refractivity contribution in [3.63, 3.8) is 0 Å². The van der Waals surface area contributed by atoms with Crippen molar-refractivity contribution in [3.8, 4) is 11.3 Å². The molecule has 7 nitrogen and oxygen atoms in total. The predicted molar refractivity (Wildman–Crippen MR) is 108 cm³/mol. The SMILES string of the molecule is Cc1ccc(-c2cc(C(F)(F)F)n3nc(C(=O)NCCc4cnc[nH]4)cc3n2)cc1C. The summed E-state index contributed by atoms with van der Waals surface area (Å²) in [7, 11) is 0. The molecule has 0 spiro atoms. The van der Waals surface area contributed by atoms with E-state index in [1.807, 2.05) is 19.9 Å². The number of amides is 1. The lowest BCUT2D eigenvalue weighted by molar-refractivity contribution is -0.142. The van der Waals surface area contributed by atoms with Crippen LogP contribution in [0.4, 0.5) is 13.2 Å². The number of hydrogen-bond donors (Lipinski definition) is 2. The fourth-order valence-electron chi connectivity index (χ4n) is 3.16. The maximum absolute atomic E-state index is 13.7. The highest BCUT2D eigenvalue weighted by Crippen LogP contribution is 2.32. The van der Waals surface area contributed by atoms with E-state index in [1.54, 1.807) is 18.3 Å². The number of H-pyrrole nitrogens is 1. The van der Waals surface area contributed by atoms with E-state index in [2.05, 4.69) is 25.4 Å². The summed E-state index contributed by atoms with van der Waals surface area (Å²) in [5.74, 6) is -0.578. The number of alkyl halides is 3. The van der Waals surface area contributed by atoms with Crippen LogP contribution in [0.25, 0.3) is 16.9 Å². The van der Waals surface area contributed by atoms with Gasteiger partial charge in [-0.2, -0.15) is 18.3 Å². The van der Waals surface area contributed by atoms with E-state index in [1.165, 1.54) is 12.4 Å². The maximum Gasteiger partial charge on any atom is 0.433 e. The van der Waals surface area contributed by atoms with Crippen LogP contribution in [0.15, 0.2) is 42.9 Å². The number of nitrogens with zero attached hydrogens (tertiary/aromatic N) is 4. The van der Waals surface area contributed by atoms with E-state index in [0.717, 1.165) is 22.9 Å². The van der Waals surface area contributed by atoms with E-state index < -0.39 is 17.8 Å². The molecule has 10 heteroatoms. The van der Waals surface area contributed by atoms with Crippen molar-refractivity contribution in [2.24, 2.45) is 0 Å². The van der Waals surface area contributed by atoms with Gasteiger partial charge in [0.2, 0.25) is 0 Å². The molecular formula is C21H19F3N6O. The van der Waals surface area contributed by atoms with Gasteiger partial charge in [0.1, 0.15) is 0 Å². The summed E-state index contributed by atoms with van der Waals surface area (Å²) in [5, 5.41) is 6.51. The standard InChI is InChI=1S/C21H19F3N6O/c1-12-3-4-14(7-13(12)2)16-8-18(21(22,23)24)30-19(28-16)9-17(29-30)20(31)26-6-5-15-10-25-11-27-15/h3-4,7-11H,5-6H2,1-2H3,(H,25,27)(H,26,31). The second-order valence-electron chi connectivity index (χ2n) is 7.21. The Kier molecular flexibility index (Phi) is 5.22. The van der Waals surface area contributed by atoms with E-state index in [9.17, 15) is 18.0 Å². The third-order valence-electron chi connectivity index (χ3n) is 4.99. The van der Waals surface area contributed by atoms with Gasteiger partial charge in [0.15, 0.2) is 17.0 Å². The Balaban J connectivity index is 1.68. The van der Waals surface area contributed by atoms with Crippen LogP contribution < -0.4 is 5.32 Å². The molecule has 0 saturated carbocycles. The van der Waals surface area contributed by atoms with Gasteiger partial charge in [0, 0.05) is 36.5 Å². The normalized spacial score (nSPS) is 11.8. The zero-order valence-corrected chi connectivity index (χ0v) is 16.8. The van der Waals surface area contributed by atoms with Crippen LogP contribution in [-0.2, 0) is 12.6 Å². The van der Waals surface area contributed by atoms with E-state index in [-0.39, 0.29) is 23.6 Å². The smallest absolute Gasteiger partial charge is 0.350 e. The molecule has 3 aromatic heterocycles. The summed E-state index contributed by atoms with van der Waals surface area (Å²) in [4.78, 5) is 23.5. The van der Waals surface area contributed by atoms with Crippen LogP contribution in [0.5, 0.6) is 0 Å². The fraction of sp³-hybridized carbons (Fsp3) is 0.238. The predicted octanol–water partition coefficient (Wildman–Crippen LogP) is 3.73. The molecular weight excluding hydrogens is 409 g/mol. The minimum atomic E-state index is -4.67. The third kappa shape index (κ3) is 4.27.